The van der Waals surface area contributed by atoms with E-state index in [9.17, 15) is 0 Å². The summed E-state index contributed by atoms with van der Waals surface area (Å²) >= 11 is 0. The van der Waals surface area contributed by atoms with Crippen molar-refractivity contribution in [2.24, 2.45) is 5.10 Å². The van der Waals surface area contributed by atoms with Crippen LogP contribution in [0.1, 0.15) is 31.4 Å². The quantitative estimate of drug-likeness (QED) is 0.429. The monoisotopic (exact) mass is 425 g/mol. The van der Waals surface area contributed by atoms with Gasteiger partial charge in [0.2, 0.25) is 5.88 Å². The molecule has 6 nitrogen and oxygen atoms in total. The maximum Gasteiger partial charge on any atom is 0.212 e. The van der Waals surface area contributed by atoms with Crippen LogP contribution in [-0.2, 0) is 12.8 Å². The van der Waals surface area contributed by atoms with Crippen LogP contribution in [0, 0.1) is 5.41 Å². The molecule has 0 saturated carbocycles. The molecule has 1 aromatic carbocycles. The third-order valence-electron chi connectivity index (χ3n) is 5.54. The van der Waals surface area contributed by atoms with E-state index in [2.05, 4.69) is 36.0 Å². The Labute approximate surface area is 188 Å². The average molecular weight is 426 g/mol. The highest BCUT2D eigenvalue weighted by molar-refractivity contribution is 5.99. The molecular formula is C26H27N5O. The number of benzene rings is 1. The predicted molar refractivity (Wildman–Crippen MR) is 129 cm³/mol. The third kappa shape index (κ3) is 4.75. The number of allylic oxidation sites excluding steroid dienone is 3. The van der Waals surface area contributed by atoms with E-state index in [1.54, 1.807) is 24.5 Å². The van der Waals surface area contributed by atoms with Gasteiger partial charge in [0.25, 0.3) is 0 Å². The van der Waals surface area contributed by atoms with Crippen molar-refractivity contribution in [1.29, 1.82) is 5.41 Å². The zero-order valence-electron chi connectivity index (χ0n) is 18.7. The van der Waals surface area contributed by atoms with Gasteiger partial charge in [-0.25, -0.2) is 9.99 Å². The first-order chi connectivity index (χ1) is 15.6. The summed E-state index contributed by atoms with van der Waals surface area (Å²) in [4.78, 5) is 8.67. The van der Waals surface area contributed by atoms with Gasteiger partial charge in [-0.15, -0.1) is 0 Å². The number of fused-ring (bicyclic) bond motifs is 1. The molecule has 162 valence electrons. The number of rotatable bonds is 6. The van der Waals surface area contributed by atoms with Gasteiger partial charge in [-0.2, -0.15) is 5.10 Å². The Morgan fingerprint density at radius 2 is 1.91 bits per heavy atom. The molecule has 0 atom stereocenters. The largest absolute Gasteiger partial charge is 0.481 e. The van der Waals surface area contributed by atoms with Crippen molar-refractivity contribution in [3.05, 3.63) is 89.4 Å². The molecule has 3 heterocycles. The molecule has 0 radical (unpaired) electrons. The Balaban J connectivity index is 1.58. The molecule has 0 fully saturated rings. The Bertz CT molecular complexity index is 1220. The van der Waals surface area contributed by atoms with E-state index < -0.39 is 0 Å². The van der Waals surface area contributed by atoms with Gasteiger partial charge in [0, 0.05) is 36.7 Å². The molecule has 0 amide bonds. The van der Waals surface area contributed by atoms with E-state index in [0.717, 1.165) is 39.9 Å². The average Bonchev–Trinajstić information content (AvgIpc) is 2.84. The number of aromatic nitrogens is 2. The number of hydrogen-bond acceptors (Lipinski definition) is 5. The van der Waals surface area contributed by atoms with Gasteiger partial charge in [0.05, 0.1) is 24.0 Å². The van der Waals surface area contributed by atoms with Crippen molar-refractivity contribution >= 4 is 22.5 Å². The molecule has 0 spiro atoms. The molecule has 1 aliphatic heterocycles. The summed E-state index contributed by atoms with van der Waals surface area (Å²) in [5, 5.41) is 16.5. The van der Waals surface area contributed by atoms with Gasteiger partial charge >= 0.3 is 0 Å². The molecule has 2 aromatic heterocycles. The van der Waals surface area contributed by atoms with E-state index in [1.807, 2.05) is 42.5 Å². The highest BCUT2D eigenvalue weighted by atomic mass is 16.5. The summed E-state index contributed by atoms with van der Waals surface area (Å²) in [5.74, 6) is 1.03. The number of hydrogen-bond donors (Lipinski definition) is 1. The Morgan fingerprint density at radius 1 is 1.06 bits per heavy atom. The van der Waals surface area contributed by atoms with Crippen LogP contribution in [0.4, 0.5) is 0 Å². The van der Waals surface area contributed by atoms with Gasteiger partial charge in [-0.1, -0.05) is 25.1 Å². The molecule has 4 rings (SSSR count). The fourth-order valence-electron chi connectivity index (χ4n) is 3.61. The van der Waals surface area contributed by atoms with Gasteiger partial charge in [0.15, 0.2) is 0 Å². The van der Waals surface area contributed by atoms with Crippen LogP contribution < -0.4 is 4.74 Å². The van der Waals surface area contributed by atoms with Crippen molar-refractivity contribution in [3.8, 4) is 5.88 Å². The Morgan fingerprint density at radius 3 is 2.66 bits per heavy atom. The number of methoxy groups -OCH3 is 1. The van der Waals surface area contributed by atoms with Crippen molar-refractivity contribution in [2.45, 2.75) is 33.1 Å². The highest BCUT2D eigenvalue weighted by Gasteiger charge is 2.19. The maximum absolute atomic E-state index is 8.86. The first-order valence-electron chi connectivity index (χ1n) is 10.7. The molecule has 1 N–H and O–H groups in total. The second kappa shape index (κ2) is 9.56. The summed E-state index contributed by atoms with van der Waals surface area (Å²) in [5.41, 5.74) is 6.12. The van der Waals surface area contributed by atoms with E-state index in [0.29, 0.717) is 24.6 Å². The van der Waals surface area contributed by atoms with Gasteiger partial charge in [-0.3, -0.25) is 10.4 Å². The summed E-state index contributed by atoms with van der Waals surface area (Å²) < 4.78 is 5.14. The van der Waals surface area contributed by atoms with Crippen LogP contribution >= 0.6 is 0 Å². The molecule has 0 bridgehead atoms. The van der Waals surface area contributed by atoms with E-state index >= 15 is 0 Å². The molecule has 0 saturated heterocycles. The second-order valence-corrected chi connectivity index (χ2v) is 7.80. The molecule has 0 unspecified atom stereocenters. The second-order valence-electron chi connectivity index (χ2n) is 7.80. The van der Waals surface area contributed by atoms with Gasteiger partial charge in [-0.05, 0) is 60.4 Å². The lowest BCUT2D eigenvalue weighted by Gasteiger charge is -2.27. The number of pyridine rings is 2. The fourth-order valence-corrected chi connectivity index (χ4v) is 3.61. The lowest BCUT2D eigenvalue weighted by atomic mass is 10.0. The minimum atomic E-state index is 0.436. The lowest BCUT2D eigenvalue weighted by Crippen LogP contribution is -2.30. The van der Waals surface area contributed by atoms with Gasteiger partial charge < -0.3 is 4.74 Å². The molecule has 6 heteroatoms. The molecule has 0 aliphatic carbocycles. The topological polar surface area (TPSA) is 74.5 Å². The van der Waals surface area contributed by atoms with Crippen LogP contribution in [-0.4, -0.2) is 33.6 Å². The van der Waals surface area contributed by atoms with Crippen LogP contribution in [0.2, 0.25) is 0 Å². The number of ether oxygens (including phenoxy) is 1. The Hall–Kier alpha value is -3.80. The van der Waals surface area contributed by atoms with Crippen LogP contribution in [0.5, 0.6) is 5.88 Å². The maximum atomic E-state index is 8.86. The number of amidine groups is 1. The van der Waals surface area contributed by atoms with Crippen molar-refractivity contribution in [2.75, 3.05) is 7.11 Å². The molecule has 3 aromatic rings. The van der Waals surface area contributed by atoms with E-state index in [1.165, 1.54) is 5.57 Å². The first kappa shape index (κ1) is 21.4. The van der Waals surface area contributed by atoms with Crippen molar-refractivity contribution < 1.29 is 4.74 Å². The minimum absolute atomic E-state index is 0.436. The molecule has 32 heavy (non-hydrogen) atoms. The summed E-state index contributed by atoms with van der Waals surface area (Å²) in [6.45, 7) is 4.21. The normalized spacial score (nSPS) is 15.0. The van der Waals surface area contributed by atoms with Crippen LogP contribution in [0.25, 0.3) is 10.9 Å². The highest BCUT2D eigenvalue weighted by Crippen LogP contribution is 2.23. The summed E-state index contributed by atoms with van der Waals surface area (Å²) in [6.07, 6.45) is 9.72. The van der Waals surface area contributed by atoms with Crippen molar-refractivity contribution in [1.82, 2.24) is 15.0 Å². The third-order valence-corrected chi connectivity index (χ3v) is 5.54. The number of nitrogens with zero attached hydrogens (tertiary/aromatic N) is 4. The number of hydrazone groups is 1. The SMILES string of the molecule is CC/C(C)=C1\C=CC(Cc2ccc(OC)nc2)=NN1C(=N)Cc1ccc2ncccc2c1. The predicted octanol–water partition coefficient (Wildman–Crippen LogP) is 5.31. The van der Waals surface area contributed by atoms with Crippen molar-refractivity contribution in [3.63, 3.8) is 0 Å². The fraction of sp³-hybridized carbons (Fsp3) is 0.231. The van der Waals surface area contributed by atoms with Gasteiger partial charge in [0.1, 0.15) is 5.84 Å². The molecular weight excluding hydrogens is 398 g/mol. The minimum Gasteiger partial charge on any atom is -0.481 e. The molecule has 1 aliphatic rings. The number of nitrogens with one attached hydrogen (secondary N) is 1. The smallest absolute Gasteiger partial charge is 0.212 e. The van der Waals surface area contributed by atoms with Crippen LogP contribution in [0.15, 0.2) is 83.4 Å². The summed E-state index contributed by atoms with van der Waals surface area (Å²) in [7, 11) is 1.61. The van der Waals surface area contributed by atoms with Crippen LogP contribution in [0.3, 0.4) is 0 Å². The summed E-state index contributed by atoms with van der Waals surface area (Å²) in [6, 6.07) is 14.0. The zero-order valence-corrected chi connectivity index (χ0v) is 18.7. The Kier molecular flexibility index (Phi) is 6.40. The lowest BCUT2D eigenvalue weighted by molar-refractivity contribution is 0.397. The standard InChI is InChI=1S/C26H27N5O/c1-4-18(2)24-11-9-22(15-20-8-12-26(32-3)29-17-20)30-31(24)25(27)16-19-7-10-23-21(14-19)6-5-13-28-23/h5-14,17,27H,4,15-16H2,1-3H3/b24-18+,27-25?. The first-order valence-corrected chi connectivity index (χ1v) is 10.7. The zero-order chi connectivity index (χ0) is 22.5. The van der Waals surface area contributed by atoms with E-state index in [-0.39, 0.29) is 0 Å². The van der Waals surface area contributed by atoms with E-state index in [4.69, 9.17) is 15.2 Å².